The molecule has 0 amide bonds. The van der Waals surface area contributed by atoms with Crippen molar-refractivity contribution in [3.63, 3.8) is 0 Å². The Bertz CT molecular complexity index is 1280. The number of carbonyl (C=O) groups is 1. The minimum Gasteiger partial charge on any atom is -0.477 e. The summed E-state index contributed by atoms with van der Waals surface area (Å²) in [7, 11) is 0. The second kappa shape index (κ2) is 10.8. The predicted octanol–water partition coefficient (Wildman–Crippen LogP) is 6.94. The zero-order valence-electron chi connectivity index (χ0n) is 17.7. The molecule has 7 heteroatoms. The summed E-state index contributed by atoms with van der Waals surface area (Å²) in [6.45, 7) is 2.45. The van der Waals surface area contributed by atoms with E-state index in [0.717, 1.165) is 32.8 Å². The second-order valence-electron chi connectivity index (χ2n) is 7.17. The van der Waals surface area contributed by atoms with E-state index in [9.17, 15) is 9.90 Å². The van der Waals surface area contributed by atoms with E-state index in [1.807, 2.05) is 66.9 Å². The number of carboxylic acids is 1. The molecule has 1 atom stereocenters. The number of thiazole rings is 1. The van der Waals surface area contributed by atoms with Gasteiger partial charge in [0, 0.05) is 33.9 Å². The summed E-state index contributed by atoms with van der Waals surface area (Å²) >= 11 is 8.81. The molecular weight excluding hydrogens is 474 g/mol. The molecule has 4 nitrogen and oxygen atoms in total. The Hall–Kier alpha value is -2.95. The number of hydrogen-bond acceptors (Lipinski definition) is 5. The van der Waals surface area contributed by atoms with Crippen LogP contribution in [0.15, 0.2) is 65.5 Å². The zero-order chi connectivity index (χ0) is 23.2. The van der Waals surface area contributed by atoms with Gasteiger partial charge in [-0.15, -0.1) is 22.7 Å². The molecule has 0 aliphatic heterocycles. The molecule has 0 saturated heterocycles. The number of rotatable bonds is 7. The Morgan fingerprint density at radius 3 is 2.55 bits per heavy atom. The maximum absolute atomic E-state index is 12.0. The molecule has 1 unspecified atom stereocenters. The van der Waals surface area contributed by atoms with Crippen LogP contribution in [0.2, 0.25) is 5.02 Å². The van der Waals surface area contributed by atoms with Crippen molar-refractivity contribution in [1.29, 1.82) is 0 Å². The molecular formula is C26H20ClNO3S2. The molecule has 2 heterocycles. The lowest BCUT2D eigenvalue weighted by Gasteiger charge is -2.17. The zero-order valence-corrected chi connectivity index (χ0v) is 20.1. The third kappa shape index (κ3) is 5.89. The van der Waals surface area contributed by atoms with Crippen LogP contribution in [-0.2, 0) is 11.2 Å². The molecule has 4 rings (SSSR count). The third-order valence-corrected chi connectivity index (χ3v) is 7.01. The molecule has 166 valence electrons. The smallest absolute Gasteiger partial charge is 0.346 e. The van der Waals surface area contributed by atoms with Crippen LogP contribution in [0.4, 0.5) is 0 Å². The highest BCUT2D eigenvalue weighted by Gasteiger charge is 2.21. The topological polar surface area (TPSA) is 59.4 Å². The SMILES string of the molecule is CCOC(Cc1cc(-c2ccc(C#Cc3cscn3)cc2)sc1C(=O)O)c1ccc(Cl)cc1. The fourth-order valence-electron chi connectivity index (χ4n) is 3.38. The van der Waals surface area contributed by atoms with Crippen molar-refractivity contribution in [1.82, 2.24) is 4.98 Å². The van der Waals surface area contributed by atoms with Crippen LogP contribution in [-0.4, -0.2) is 22.7 Å². The largest absolute Gasteiger partial charge is 0.477 e. The van der Waals surface area contributed by atoms with E-state index in [1.54, 1.807) is 5.51 Å². The van der Waals surface area contributed by atoms with E-state index in [1.165, 1.54) is 22.7 Å². The Kier molecular flexibility index (Phi) is 7.58. The lowest BCUT2D eigenvalue weighted by molar-refractivity contribution is 0.0618. The molecule has 0 radical (unpaired) electrons. The number of thiophene rings is 1. The number of ether oxygens (including phenoxy) is 1. The Morgan fingerprint density at radius 1 is 1.15 bits per heavy atom. The first kappa shape index (κ1) is 23.2. The van der Waals surface area contributed by atoms with Gasteiger partial charge in [-0.1, -0.05) is 41.8 Å². The highest BCUT2D eigenvalue weighted by atomic mass is 35.5. The van der Waals surface area contributed by atoms with Crippen molar-refractivity contribution in [2.75, 3.05) is 6.61 Å². The van der Waals surface area contributed by atoms with Gasteiger partial charge in [0.15, 0.2) is 0 Å². The van der Waals surface area contributed by atoms with Gasteiger partial charge in [-0.25, -0.2) is 9.78 Å². The van der Waals surface area contributed by atoms with Gasteiger partial charge < -0.3 is 9.84 Å². The van der Waals surface area contributed by atoms with Gasteiger partial charge in [-0.05, 0) is 59.9 Å². The van der Waals surface area contributed by atoms with E-state index >= 15 is 0 Å². The quantitative estimate of drug-likeness (QED) is 0.283. The van der Waals surface area contributed by atoms with Gasteiger partial charge in [0.25, 0.3) is 0 Å². The molecule has 0 aliphatic carbocycles. The normalized spacial score (nSPS) is 11.6. The number of benzene rings is 2. The minimum atomic E-state index is -0.932. The van der Waals surface area contributed by atoms with Crippen LogP contribution in [0.1, 0.15) is 45.1 Å². The summed E-state index contributed by atoms with van der Waals surface area (Å²) in [5.74, 6) is 5.20. The third-order valence-electron chi connectivity index (χ3n) is 4.95. The van der Waals surface area contributed by atoms with Crippen molar-refractivity contribution >= 4 is 40.2 Å². The van der Waals surface area contributed by atoms with Crippen molar-refractivity contribution in [3.8, 4) is 22.3 Å². The van der Waals surface area contributed by atoms with Gasteiger partial charge in [0.1, 0.15) is 10.6 Å². The maximum atomic E-state index is 12.0. The van der Waals surface area contributed by atoms with Crippen LogP contribution in [0, 0.1) is 11.8 Å². The van der Waals surface area contributed by atoms with E-state index in [0.29, 0.717) is 22.9 Å². The molecule has 2 aromatic heterocycles. The molecule has 0 spiro atoms. The molecule has 0 fully saturated rings. The number of aromatic carboxylic acids is 1. The average molecular weight is 494 g/mol. The Labute approximate surface area is 205 Å². The summed E-state index contributed by atoms with van der Waals surface area (Å²) in [6, 6.07) is 17.2. The number of nitrogens with zero attached hydrogens (tertiary/aromatic N) is 1. The molecule has 33 heavy (non-hydrogen) atoms. The van der Waals surface area contributed by atoms with Crippen LogP contribution < -0.4 is 0 Å². The van der Waals surface area contributed by atoms with Crippen molar-refractivity contribution in [2.24, 2.45) is 0 Å². The highest BCUT2D eigenvalue weighted by Crippen LogP contribution is 2.35. The standard InChI is InChI=1S/C26H20ClNO3S2/c1-2-31-23(18-8-10-21(27)11-9-18)13-20-14-24(33-25(20)26(29)30)19-6-3-17(4-7-19)5-12-22-15-32-16-28-22/h3-4,6-11,14-16,23H,2,13H2,1H3,(H,29,30). The van der Waals surface area contributed by atoms with Gasteiger partial charge in [-0.3, -0.25) is 0 Å². The summed E-state index contributed by atoms with van der Waals surface area (Å²) in [6.07, 6.45) is 0.210. The highest BCUT2D eigenvalue weighted by molar-refractivity contribution is 7.17. The fourth-order valence-corrected chi connectivity index (χ4v) is 5.03. The first-order valence-electron chi connectivity index (χ1n) is 10.3. The van der Waals surface area contributed by atoms with E-state index in [-0.39, 0.29) is 6.10 Å². The van der Waals surface area contributed by atoms with E-state index < -0.39 is 5.97 Å². The number of carboxylic acid groups (broad SMARTS) is 1. The number of aromatic nitrogens is 1. The minimum absolute atomic E-state index is 0.254. The molecule has 2 aromatic carbocycles. The fraction of sp³-hybridized carbons (Fsp3) is 0.154. The van der Waals surface area contributed by atoms with Crippen LogP contribution in [0.25, 0.3) is 10.4 Å². The first-order valence-corrected chi connectivity index (χ1v) is 12.4. The van der Waals surface area contributed by atoms with Crippen LogP contribution >= 0.6 is 34.3 Å². The molecule has 1 N–H and O–H groups in total. The Balaban J connectivity index is 1.59. The van der Waals surface area contributed by atoms with Crippen molar-refractivity contribution < 1.29 is 14.6 Å². The predicted molar refractivity (Wildman–Crippen MR) is 134 cm³/mol. The van der Waals surface area contributed by atoms with Gasteiger partial charge >= 0.3 is 5.97 Å². The van der Waals surface area contributed by atoms with Crippen molar-refractivity contribution in [3.05, 3.63) is 97.8 Å². The molecule has 4 aromatic rings. The lowest BCUT2D eigenvalue weighted by atomic mass is 10.0. The average Bonchev–Trinajstić information content (AvgIpc) is 3.49. The Morgan fingerprint density at radius 2 is 1.91 bits per heavy atom. The second-order valence-corrected chi connectivity index (χ2v) is 9.38. The van der Waals surface area contributed by atoms with Crippen molar-refractivity contribution in [2.45, 2.75) is 19.4 Å². The van der Waals surface area contributed by atoms with E-state index in [4.69, 9.17) is 16.3 Å². The number of halogens is 1. The van der Waals surface area contributed by atoms with Gasteiger partial charge in [0.2, 0.25) is 0 Å². The van der Waals surface area contributed by atoms with Crippen LogP contribution in [0.3, 0.4) is 0 Å². The monoisotopic (exact) mass is 493 g/mol. The summed E-state index contributed by atoms with van der Waals surface area (Å²) < 4.78 is 5.94. The van der Waals surface area contributed by atoms with Gasteiger partial charge in [-0.2, -0.15) is 0 Å². The molecule has 0 saturated carbocycles. The maximum Gasteiger partial charge on any atom is 0.346 e. The van der Waals surface area contributed by atoms with Crippen LogP contribution in [0.5, 0.6) is 0 Å². The summed E-state index contributed by atoms with van der Waals surface area (Å²) in [5.41, 5.74) is 6.05. The lowest BCUT2D eigenvalue weighted by Crippen LogP contribution is -2.09. The molecule has 0 bridgehead atoms. The molecule has 0 aliphatic rings. The van der Waals surface area contributed by atoms with Gasteiger partial charge in [0.05, 0.1) is 11.6 Å². The summed E-state index contributed by atoms with van der Waals surface area (Å²) in [5, 5.41) is 12.4. The van der Waals surface area contributed by atoms with E-state index in [2.05, 4.69) is 16.8 Å². The summed E-state index contributed by atoms with van der Waals surface area (Å²) in [4.78, 5) is 17.4. The number of hydrogen-bond donors (Lipinski definition) is 1. The first-order chi connectivity index (χ1) is 16.0.